The molecule has 0 spiro atoms. The van der Waals surface area contributed by atoms with Crippen LogP contribution in [-0.4, -0.2) is 11.8 Å². The molecule has 0 aromatic heterocycles. The number of carbonyl (C=O) groups excluding carboxylic acids is 2. The Morgan fingerprint density at radius 1 is 1.24 bits per heavy atom. The van der Waals surface area contributed by atoms with E-state index in [1.807, 2.05) is 0 Å². The molecule has 4 nitrogen and oxygen atoms in total. The van der Waals surface area contributed by atoms with Crippen LogP contribution in [0.1, 0.15) is 12.8 Å². The Balaban J connectivity index is 2.14. The first-order chi connectivity index (χ1) is 7.95. The fourth-order valence-electron chi connectivity index (χ4n) is 1.53. The summed E-state index contributed by atoms with van der Waals surface area (Å²) in [6.07, 6.45) is 0.773. The largest absolute Gasteiger partial charge is 0.369 e. The summed E-state index contributed by atoms with van der Waals surface area (Å²) in [5, 5.41) is 2.35. The summed E-state index contributed by atoms with van der Waals surface area (Å²) in [5.74, 6) is -3.33. The van der Waals surface area contributed by atoms with Gasteiger partial charge >= 0.3 is 0 Å². The van der Waals surface area contributed by atoms with Crippen LogP contribution >= 0.6 is 0 Å². The molecule has 1 aliphatic rings. The van der Waals surface area contributed by atoms with Gasteiger partial charge in [0.2, 0.25) is 11.8 Å². The molecule has 1 aromatic rings. The van der Waals surface area contributed by atoms with E-state index in [4.69, 9.17) is 5.73 Å². The number of rotatable bonds is 3. The van der Waals surface area contributed by atoms with Crippen LogP contribution in [0, 0.1) is 17.0 Å². The average Bonchev–Trinajstić information content (AvgIpc) is 3.04. The number of primary amides is 1. The Bertz CT molecular complexity index is 498. The van der Waals surface area contributed by atoms with E-state index in [1.54, 1.807) is 0 Å². The van der Waals surface area contributed by atoms with Crippen LogP contribution in [-0.2, 0) is 9.59 Å². The molecule has 0 radical (unpaired) electrons. The second-order valence-corrected chi connectivity index (χ2v) is 4.03. The van der Waals surface area contributed by atoms with Crippen LogP contribution in [0.5, 0.6) is 0 Å². The fourth-order valence-corrected chi connectivity index (χ4v) is 1.53. The lowest BCUT2D eigenvalue weighted by Gasteiger charge is -2.11. The van der Waals surface area contributed by atoms with Crippen molar-refractivity contribution in [3.63, 3.8) is 0 Å². The predicted octanol–water partition coefficient (Wildman–Crippen LogP) is 1.17. The highest BCUT2D eigenvalue weighted by molar-refractivity contribution is 6.12. The summed E-state index contributed by atoms with van der Waals surface area (Å²) < 4.78 is 25.5. The maximum Gasteiger partial charge on any atom is 0.240 e. The van der Waals surface area contributed by atoms with Crippen molar-refractivity contribution in [3.05, 3.63) is 29.8 Å². The second kappa shape index (κ2) is 3.80. The van der Waals surface area contributed by atoms with E-state index in [0.717, 1.165) is 12.1 Å². The van der Waals surface area contributed by atoms with Gasteiger partial charge in [-0.2, -0.15) is 0 Å². The van der Waals surface area contributed by atoms with E-state index in [0.29, 0.717) is 12.8 Å². The lowest BCUT2D eigenvalue weighted by Crippen LogP contribution is -2.36. The van der Waals surface area contributed by atoms with Gasteiger partial charge in [-0.3, -0.25) is 9.59 Å². The molecule has 0 bridgehead atoms. The smallest absolute Gasteiger partial charge is 0.240 e. The lowest BCUT2D eigenvalue weighted by atomic mass is 10.1. The van der Waals surface area contributed by atoms with Crippen LogP contribution in [0.4, 0.5) is 14.5 Å². The lowest BCUT2D eigenvalue weighted by molar-refractivity contribution is -0.132. The van der Waals surface area contributed by atoms with E-state index in [-0.39, 0.29) is 5.69 Å². The fraction of sp³-hybridized carbons (Fsp3) is 0.273. The molecular formula is C11H10F2N2O2. The Morgan fingerprint density at radius 3 is 2.35 bits per heavy atom. The number of anilines is 1. The monoisotopic (exact) mass is 240 g/mol. The van der Waals surface area contributed by atoms with Gasteiger partial charge in [0.25, 0.3) is 0 Å². The topological polar surface area (TPSA) is 72.2 Å². The van der Waals surface area contributed by atoms with E-state index in [2.05, 4.69) is 5.32 Å². The van der Waals surface area contributed by atoms with Gasteiger partial charge in [0.05, 0.1) is 0 Å². The van der Waals surface area contributed by atoms with Gasteiger partial charge in [0, 0.05) is 11.8 Å². The van der Waals surface area contributed by atoms with Crippen molar-refractivity contribution in [2.24, 2.45) is 11.1 Å². The van der Waals surface area contributed by atoms with Gasteiger partial charge in [-0.25, -0.2) is 8.78 Å². The van der Waals surface area contributed by atoms with Crippen molar-refractivity contribution in [1.29, 1.82) is 0 Å². The number of hydrogen-bond donors (Lipinski definition) is 2. The van der Waals surface area contributed by atoms with Gasteiger partial charge in [0.1, 0.15) is 5.41 Å². The molecule has 1 aromatic carbocycles. The molecule has 2 amide bonds. The van der Waals surface area contributed by atoms with E-state index < -0.39 is 28.9 Å². The van der Waals surface area contributed by atoms with Crippen molar-refractivity contribution in [2.75, 3.05) is 5.32 Å². The minimum absolute atomic E-state index is 0.0985. The third-order valence-corrected chi connectivity index (χ3v) is 2.83. The van der Waals surface area contributed by atoms with Gasteiger partial charge in [-0.15, -0.1) is 0 Å². The zero-order valence-corrected chi connectivity index (χ0v) is 8.80. The molecule has 0 aliphatic heterocycles. The van der Waals surface area contributed by atoms with Crippen LogP contribution in [0.15, 0.2) is 18.2 Å². The molecule has 0 saturated heterocycles. The summed E-state index contributed by atoms with van der Waals surface area (Å²) >= 11 is 0. The number of hydrogen-bond acceptors (Lipinski definition) is 2. The molecular weight excluding hydrogens is 230 g/mol. The predicted molar refractivity (Wildman–Crippen MR) is 55.8 cm³/mol. The van der Waals surface area contributed by atoms with Crippen molar-refractivity contribution in [2.45, 2.75) is 12.8 Å². The Kier molecular flexibility index (Phi) is 2.57. The number of nitrogens with one attached hydrogen (secondary N) is 1. The van der Waals surface area contributed by atoms with Crippen LogP contribution in [0.25, 0.3) is 0 Å². The second-order valence-electron chi connectivity index (χ2n) is 4.03. The Morgan fingerprint density at radius 2 is 1.88 bits per heavy atom. The van der Waals surface area contributed by atoms with Gasteiger partial charge in [-0.1, -0.05) is 0 Å². The molecule has 1 aliphatic carbocycles. The number of amides is 2. The molecule has 0 atom stereocenters. The first-order valence-corrected chi connectivity index (χ1v) is 5.02. The van der Waals surface area contributed by atoms with Crippen LogP contribution in [0.2, 0.25) is 0 Å². The molecule has 1 fully saturated rings. The highest BCUT2D eigenvalue weighted by atomic mass is 19.2. The van der Waals surface area contributed by atoms with Crippen molar-refractivity contribution in [1.82, 2.24) is 0 Å². The maximum atomic E-state index is 12.9. The van der Waals surface area contributed by atoms with Crippen molar-refractivity contribution < 1.29 is 18.4 Å². The quantitative estimate of drug-likeness (QED) is 0.778. The summed E-state index contributed by atoms with van der Waals surface area (Å²) in [4.78, 5) is 22.8. The van der Waals surface area contributed by atoms with Gasteiger partial charge in [-0.05, 0) is 25.0 Å². The SMILES string of the molecule is NC(=O)C1(C(=O)Nc2ccc(F)c(F)c2)CC1. The molecule has 17 heavy (non-hydrogen) atoms. The van der Waals surface area contributed by atoms with E-state index in [9.17, 15) is 18.4 Å². The highest BCUT2D eigenvalue weighted by Gasteiger charge is 2.55. The summed E-state index contributed by atoms with van der Waals surface area (Å²) in [7, 11) is 0. The Labute approximate surface area is 95.8 Å². The van der Waals surface area contributed by atoms with E-state index in [1.165, 1.54) is 6.07 Å². The van der Waals surface area contributed by atoms with Gasteiger partial charge < -0.3 is 11.1 Å². The summed E-state index contributed by atoms with van der Waals surface area (Å²) in [5.41, 5.74) is 4.03. The standard InChI is InChI=1S/C11H10F2N2O2/c12-7-2-1-6(5-8(7)13)15-10(17)11(3-4-11)9(14)16/h1-2,5H,3-4H2,(H2,14,16)(H,15,17). The minimum atomic E-state index is -1.18. The molecule has 1 saturated carbocycles. The normalized spacial score (nSPS) is 16.4. The first-order valence-electron chi connectivity index (χ1n) is 5.02. The number of nitrogens with two attached hydrogens (primary N) is 1. The number of benzene rings is 1. The van der Waals surface area contributed by atoms with Crippen molar-refractivity contribution >= 4 is 17.5 Å². The van der Waals surface area contributed by atoms with Crippen LogP contribution in [0.3, 0.4) is 0 Å². The van der Waals surface area contributed by atoms with Crippen molar-refractivity contribution in [3.8, 4) is 0 Å². The number of carbonyl (C=O) groups is 2. The Hall–Kier alpha value is -1.98. The minimum Gasteiger partial charge on any atom is -0.369 e. The van der Waals surface area contributed by atoms with E-state index >= 15 is 0 Å². The molecule has 90 valence electrons. The molecule has 2 rings (SSSR count). The summed E-state index contributed by atoms with van der Waals surface area (Å²) in [6.45, 7) is 0. The maximum absolute atomic E-state index is 12.9. The molecule has 6 heteroatoms. The van der Waals surface area contributed by atoms with Gasteiger partial charge in [0.15, 0.2) is 11.6 Å². The third-order valence-electron chi connectivity index (χ3n) is 2.83. The average molecular weight is 240 g/mol. The zero-order chi connectivity index (χ0) is 12.6. The molecule has 0 heterocycles. The van der Waals surface area contributed by atoms with Crippen LogP contribution < -0.4 is 11.1 Å². The summed E-state index contributed by atoms with van der Waals surface area (Å²) in [6, 6.07) is 2.96. The third kappa shape index (κ3) is 1.98. The highest BCUT2D eigenvalue weighted by Crippen LogP contribution is 2.46. The first kappa shape index (κ1) is 11.5. The molecule has 0 unspecified atom stereocenters. The molecule has 3 N–H and O–H groups in total. The zero-order valence-electron chi connectivity index (χ0n) is 8.80. The number of halogens is 2.